The first-order valence-electron chi connectivity index (χ1n) is 7.76. The Morgan fingerprint density at radius 2 is 1.82 bits per heavy atom. The third-order valence-electron chi connectivity index (χ3n) is 3.89. The molecule has 1 N–H and O–H groups in total. The summed E-state index contributed by atoms with van der Waals surface area (Å²) in [5, 5.41) is 0. The lowest BCUT2D eigenvalue weighted by Gasteiger charge is -2.17. The van der Waals surface area contributed by atoms with E-state index in [0.29, 0.717) is 5.92 Å². The molecule has 3 nitrogen and oxygen atoms in total. The van der Waals surface area contributed by atoms with Crippen LogP contribution in [0.2, 0.25) is 0 Å². The van der Waals surface area contributed by atoms with Gasteiger partial charge in [0.2, 0.25) is 0 Å². The number of para-hydroxylation sites is 1. The van der Waals surface area contributed by atoms with Crippen molar-refractivity contribution < 1.29 is 4.74 Å². The molecule has 3 rings (SSSR count). The molecular formula is C19H22N2O. The molecule has 0 bridgehead atoms. The molecule has 1 aromatic heterocycles. The van der Waals surface area contributed by atoms with Gasteiger partial charge in [-0.3, -0.25) is 0 Å². The highest BCUT2D eigenvalue weighted by molar-refractivity contribution is 5.75. The quantitative estimate of drug-likeness (QED) is 0.724. The summed E-state index contributed by atoms with van der Waals surface area (Å²) in [6.07, 6.45) is -0.118. The highest BCUT2D eigenvalue weighted by atomic mass is 16.5. The summed E-state index contributed by atoms with van der Waals surface area (Å²) in [7, 11) is 0. The number of fused-ring (bicyclic) bond motifs is 1. The van der Waals surface area contributed by atoms with Crippen molar-refractivity contribution in [2.45, 2.75) is 39.7 Å². The lowest BCUT2D eigenvalue weighted by atomic mass is 10.0. The molecule has 0 aliphatic carbocycles. The predicted molar refractivity (Wildman–Crippen MR) is 90.4 cm³/mol. The van der Waals surface area contributed by atoms with E-state index in [1.165, 1.54) is 11.1 Å². The topological polar surface area (TPSA) is 37.9 Å². The summed E-state index contributed by atoms with van der Waals surface area (Å²) in [6.45, 7) is 8.47. The zero-order chi connectivity index (χ0) is 15.7. The summed E-state index contributed by atoms with van der Waals surface area (Å²) in [4.78, 5) is 8.01. The van der Waals surface area contributed by atoms with Crippen LogP contribution in [0.5, 0.6) is 5.75 Å². The van der Waals surface area contributed by atoms with Crippen LogP contribution >= 0.6 is 0 Å². The molecule has 0 spiro atoms. The van der Waals surface area contributed by atoms with E-state index in [1.54, 1.807) is 0 Å². The molecule has 1 heterocycles. The maximum atomic E-state index is 6.16. The van der Waals surface area contributed by atoms with Crippen LogP contribution in [0.25, 0.3) is 11.0 Å². The number of aromatic nitrogens is 2. The number of ether oxygens (including phenoxy) is 1. The molecule has 22 heavy (non-hydrogen) atoms. The van der Waals surface area contributed by atoms with Crippen molar-refractivity contribution >= 4 is 11.0 Å². The SMILES string of the molecule is Cc1ccc2nc(C(C)Oc3ccccc3C(C)C)[nH]c2c1. The van der Waals surface area contributed by atoms with E-state index in [1.807, 2.05) is 25.1 Å². The van der Waals surface area contributed by atoms with Crippen molar-refractivity contribution in [3.05, 3.63) is 59.4 Å². The van der Waals surface area contributed by atoms with Crippen molar-refractivity contribution in [1.82, 2.24) is 9.97 Å². The molecule has 0 saturated heterocycles. The Bertz CT molecular complexity index is 789. The predicted octanol–water partition coefficient (Wildman–Crippen LogP) is 5.13. The molecule has 0 fully saturated rings. The Labute approximate surface area is 131 Å². The molecule has 1 unspecified atom stereocenters. The lowest BCUT2D eigenvalue weighted by Crippen LogP contribution is -2.07. The lowest BCUT2D eigenvalue weighted by molar-refractivity contribution is 0.215. The minimum atomic E-state index is -0.118. The Hall–Kier alpha value is -2.29. The van der Waals surface area contributed by atoms with E-state index < -0.39 is 0 Å². The van der Waals surface area contributed by atoms with E-state index in [9.17, 15) is 0 Å². The van der Waals surface area contributed by atoms with Crippen LogP contribution in [0.4, 0.5) is 0 Å². The number of hydrogen-bond acceptors (Lipinski definition) is 2. The van der Waals surface area contributed by atoms with Crippen LogP contribution in [0.3, 0.4) is 0 Å². The summed E-state index contributed by atoms with van der Waals surface area (Å²) in [5.41, 5.74) is 4.48. The first-order chi connectivity index (χ1) is 10.5. The Morgan fingerprint density at radius 3 is 2.59 bits per heavy atom. The fraction of sp³-hybridized carbons (Fsp3) is 0.316. The fourth-order valence-electron chi connectivity index (χ4n) is 2.65. The van der Waals surface area contributed by atoms with Crippen molar-refractivity contribution in [3.8, 4) is 5.75 Å². The van der Waals surface area contributed by atoms with Gasteiger partial charge in [-0.25, -0.2) is 4.98 Å². The molecule has 0 radical (unpaired) electrons. The van der Waals surface area contributed by atoms with Crippen molar-refractivity contribution in [3.63, 3.8) is 0 Å². The van der Waals surface area contributed by atoms with Crippen molar-refractivity contribution in [2.75, 3.05) is 0 Å². The molecule has 114 valence electrons. The van der Waals surface area contributed by atoms with Gasteiger partial charge in [0.25, 0.3) is 0 Å². The number of H-pyrrole nitrogens is 1. The second-order valence-corrected chi connectivity index (χ2v) is 6.10. The van der Waals surface area contributed by atoms with Gasteiger partial charge in [-0.15, -0.1) is 0 Å². The number of imidazole rings is 1. The number of rotatable bonds is 4. The van der Waals surface area contributed by atoms with Gasteiger partial charge in [0.05, 0.1) is 11.0 Å². The maximum Gasteiger partial charge on any atom is 0.153 e. The summed E-state index contributed by atoms with van der Waals surface area (Å²) in [6, 6.07) is 14.4. The molecule has 0 saturated carbocycles. The zero-order valence-electron chi connectivity index (χ0n) is 13.6. The van der Waals surface area contributed by atoms with Gasteiger partial charge in [0.15, 0.2) is 6.10 Å². The van der Waals surface area contributed by atoms with E-state index in [0.717, 1.165) is 22.6 Å². The Morgan fingerprint density at radius 1 is 1.05 bits per heavy atom. The van der Waals surface area contributed by atoms with Gasteiger partial charge in [-0.2, -0.15) is 0 Å². The first kappa shape index (κ1) is 14.6. The second-order valence-electron chi connectivity index (χ2n) is 6.10. The largest absolute Gasteiger partial charge is 0.483 e. The number of nitrogens with zero attached hydrogens (tertiary/aromatic N) is 1. The summed E-state index contributed by atoms with van der Waals surface area (Å²) in [5.74, 6) is 2.22. The third kappa shape index (κ3) is 2.84. The minimum absolute atomic E-state index is 0.118. The highest BCUT2D eigenvalue weighted by Crippen LogP contribution is 2.30. The zero-order valence-corrected chi connectivity index (χ0v) is 13.6. The van der Waals surface area contributed by atoms with Gasteiger partial charge >= 0.3 is 0 Å². The number of aryl methyl sites for hydroxylation is 1. The average molecular weight is 294 g/mol. The summed E-state index contributed by atoms with van der Waals surface area (Å²) < 4.78 is 6.16. The molecule has 0 aliphatic heterocycles. The van der Waals surface area contributed by atoms with Crippen LogP contribution in [-0.2, 0) is 0 Å². The van der Waals surface area contributed by atoms with Crippen LogP contribution in [0, 0.1) is 6.92 Å². The van der Waals surface area contributed by atoms with Gasteiger partial charge in [-0.1, -0.05) is 38.1 Å². The number of hydrogen-bond donors (Lipinski definition) is 1. The molecule has 1 atom stereocenters. The number of nitrogens with one attached hydrogen (secondary N) is 1. The molecular weight excluding hydrogens is 272 g/mol. The van der Waals surface area contributed by atoms with E-state index in [2.05, 4.69) is 55.0 Å². The number of aromatic amines is 1. The fourth-order valence-corrected chi connectivity index (χ4v) is 2.65. The molecule has 3 heteroatoms. The molecule has 2 aromatic carbocycles. The molecule has 0 aliphatic rings. The van der Waals surface area contributed by atoms with E-state index in [4.69, 9.17) is 4.74 Å². The second kappa shape index (κ2) is 5.84. The first-order valence-corrected chi connectivity index (χ1v) is 7.76. The standard InChI is InChI=1S/C19H22N2O/c1-12(2)15-7-5-6-8-18(15)22-14(4)19-20-16-10-9-13(3)11-17(16)21-19/h5-12,14H,1-4H3,(H,20,21). The van der Waals surface area contributed by atoms with Gasteiger partial charge in [0.1, 0.15) is 11.6 Å². The van der Waals surface area contributed by atoms with Crippen LogP contribution in [0.15, 0.2) is 42.5 Å². The van der Waals surface area contributed by atoms with Gasteiger partial charge < -0.3 is 9.72 Å². The van der Waals surface area contributed by atoms with Gasteiger partial charge in [-0.05, 0) is 49.1 Å². The van der Waals surface area contributed by atoms with Crippen LogP contribution < -0.4 is 4.74 Å². The van der Waals surface area contributed by atoms with Crippen molar-refractivity contribution in [1.29, 1.82) is 0 Å². The Kier molecular flexibility index (Phi) is 3.88. The smallest absolute Gasteiger partial charge is 0.153 e. The number of benzene rings is 2. The van der Waals surface area contributed by atoms with Crippen LogP contribution in [-0.4, -0.2) is 9.97 Å². The maximum absolute atomic E-state index is 6.16. The Balaban J connectivity index is 1.88. The average Bonchev–Trinajstić information content (AvgIpc) is 2.90. The molecule has 0 amide bonds. The van der Waals surface area contributed by atoms with Crippen LogP contribution in [0.1, 0.15) is 49.7 Å². The highest BCUT2D eigenvalue weighted by Gasteiger charge is 2.15. The van der Waals surface area contributed by atoms with Gasteiger partial charge in [0, 0.05) is 0 Å². The third-order valence-corrected chi connectivity index (χ3v) is 3.89. The van der Waals surface area contributed by atoms with E-state index >= 15 is 0 Å². The van der Waals surface area contributed by atoms with Crippen molar-refractivity contribution in [2.24, 2.45) is 0 Å². The minimum Gasteiger partial charge on any atom is -0.483 e. The van der Waals surface area contributed by atoms with E-state index in [-0.39, 0.29) is 6.10 Å². The normalized spacial score (nSPS) is 12.8. The summed E-state index contributed by atoms with van der Waals surface area (Å²) >= 11 is 0. The molecule has 3 aromatic rings. The monoisotopic (exact) mass is 294 g/mol.